The fraction of sp³-hybridized carbons (Fsp3) is 0.333. The molecule has 10 heteroatoms. The van der Waals surface area contributed by atoms with Crippen LogP contribution in [-0.2, 0) is 28.9 Å². The highest BCUT2D eigenvalue weighted by molar-refractivity contribution is 7.89. The first-order chi connectivity index (χ1) is 14.7. The van der Waals surface area contributed by atoms with Crippen LogP contribution in [0.1, 0.15) is 13.8 Å². The van der Waals surface area contributed by atoms with Gasteiger partial charge in [0.05, 0.1) is 29.1 Å². The van der Waals surface area contributed by atoms with E-state index >= 15 is 0 Å². The van der Waals surface area contributed by atoms with Crippen molar-refractivity contribution in [1.29, 1.82) is 0 Å². The second-order valence-corrected chi connectivity index (χ2v) is 8.93. The SMILES string of the molecule is CCOc1ccc(NC(=O)CN(CC)S(=O)(=O)c2ccc3c(c2)n(C)c(=O)n3C)cc1. The third kappa shape index (κ3) is 4.49. The van der Waals surface area contributed by atoms with Crippen molar-refractivity contribution in [2.75, 3.05) is 25.0 Å². The molecule has 0 bridgehead atoms. The molecular weight excluding hydrogens is 420 g/mol. The minimum atomic E-state index is -3.94. The van der Waals surface area contributed by atoms with Crippen LogP contribution in [-0.4, -0.2) is 47.5 Å². The molecule has 1 N–H and O–H groups in total. The minimum absolute atomic E-state index is 0.0249. The monoisotopic (exact) mass is 446 g/mol. The van der Waals surface area contributed by atoms with Gasteiger partial charge in [0, 0.05) is 26.3 Å². The number of hydrogen-bond acceptors (Lipinski definition) is 5. The number of imidazole rings is 1. The van der Waals surface area contributed by atoms with Crippen LogP contribution in [0.15, 0.2) is 52.2 Å². The number of rotatable bonds is 8. The molecule has 0 fully saturated rings. The van der Waals surface area contributed by atoms with Crippen molar-refractivity contribution in [1.82, 2.24) is 13.4 Å². The number of anilines is 1. The zero-order valence-electron chi connectivity index (χ0n) is 18.0. The smallest absolute Gasteiger partial charge is 0.328 e. The second kappa shape index (κ2) is 8.94. The number of aryl methyl sites for hydroxylation is 2. The number of ether oxygens (including phenoxy) is 1. The number of amides is 1. The van der Waals surface area contributed by atoms with E-state index in [1.165, 1.54) is 21.3 Å². The third-order valence-corrected chi connectivity index (χ3v) is 6.92. The lowest BCUT2D eigenvalue weighted by molar-refractivity contribution is -0.116. The van der Waals surface area contributed by atoms with Crippen LogP contribution in [0.25, 0.3) is 11.0 Å². The van der Waals surface area contributed by atoms with Gasteiger partial charge in [-0.1, -0.05) is 6.92 Å². The number of nitrogens with one attached hydrogen (secondary N) is 1. The normalized spacial score (nSPS) is 11.8. The maximum Gasteiger partial charge on any atom is 0.328 e. The van der Waals surface area contributed by atoms with Gasteiger partial charge in [-0.05, 0) is 49.4 Å². The highest BCUT2D eigenvalue weighted by Crippen LogP contribution is 2.21. The zero-order chi connectivity index (χ0) is 22.8. The number of sulfonamides is 1. The van der Waals surface area contributed by atoms with Crippen molar-refractivity contribution in [2.24, 2.45) is 14.1 Å². The maximum absolute atomic E-state index is 13.1. The Morgan fingerprint density at radius 1 is 1.03 bits per heavy atom. The average Bonchev–Trinajstić information content (AvgIpc) is 2.97. The summed E-state index contributed by atoms with van der Waals surface area (Å²) in [5.74, 6) is 0.228. The second-order valence-electron chi connectivity index (χ2n) is 6.99. The van der Waals surface area contributed by atoms with Gasteiger partial charge in [0.25, 0.3) is 0 Å². The molecule has 3 aromatic rings. The van der Waals surface area contributed by atoms with Crippen molar-refractivity contribution in [2.45, 2.75) is 18.7 Å². The number of nitrogens with zero attached hydrogens (tertiary/aromatic N) is 3. The number of carbonyl (C=O) groups excluding carboxylic acids is 1. The first-order valence-electron chi connectivity index (χ1n) is 9.87. The van der Waals surface area contributed by atoms with Crippen LogP contribution in [0, 0.1) is 0 Å². The van der Waals surface area contributed by atoms with Crippen LogP contribution in [0.2, 0.25) is 0 Å². The number of carbonyl (C=O) groups is 1. The number of benzene rings is 2. The number of hydrogen-bond donors (Lipinski definition) is 1. The summed E-state index contributed by atoms with van der Waals surface area (Å²) in [5, 5.41) is 2.70. The Morgan fingerprint density at radius 2 is 1.68 bits per heavy atom. The molecule has 0 saturated carbocycles. The Labute approximate surface area is 180 Å². The molecule has 1 amide bonds. The molecule has 3 rings (SSSR count). The predicted molar refractivity (Wildman–Crippen MR) is 119 cm³/mol. The van der Waals surface area contributed by atoms with E-state index in [0.717, 1.165) is 4.31 Å². The number of likely N-dealkylation sites (N-methyl/N-ethyl adjacent to an activating group) is 1. The summed E-state index contributed by atoms with van der Waals surface area (Å²) in [5.41, 5.74) is 1.43. The summed E-state index contributed by atoms with van der Waals surface area (Å²) >= 11 is 0. The van der Waals surface area contributed by atoms with E-state index in [0.29, 0.717) is 29.1 Å². The molecule has 0 aliphatic carbocycles. The molecule has 31 heavy (non-hydrogen) atoms. The summed E-state index contributed by atoms with van der Waals surface area (Å²) in [6, 6.07) is 11.3. The predicted octanol–water partition coefficient (Wildman–Crippen LogP) is 1.92. The van der Waals surface area contributed by atoms with E-state index in [-0.39, 0.29) is 23.7 Å². The zero-order valence-corrected chi connectivity index (χ0v) is 18.8. The molecule has 0 aliphatic heterocycles. The van der Waals surface area contributed by atoms with E-state index < -0.39 is 15.9 Å². The van der Waals surface area contributed by atoms with Crippen LogP contribution in [0.4, 0.5) is 5.69 Å². The average molecular weight is 447 g/mol. The highest BCUT2D eigenvalue weighted by Gasteiger charge is 2.26. The molecule has 0 unspecified atom stereocenters. The molecule has 9 nitrogen and oxygen atoms in total. The summed E-state index contributed by atoms with van der Waals surface area (Å²) in [6.07, 6.45) is 0. The third-order valence-electron chi connectivity index (χ3n) is 5.00. The van der Waals surface area contributed by atoms with Gasteiger partial charge in [-0.2, -0.15) is 4.31 Å². The Hall–Kier alpha value is -3.11. The number of aromatic nitrogens is 2. The molecule has 0 radical (unpaired) electrons. The summed E-state index contributed by atoms with van der Waals surface area (Å²) in [7, 11) is -0.723. The molecule has 1 heterocycles. The molecule has 2 aromatic carbocycles. The van der Waals surface area contributed by atoms with E-state index in [9.17, 15) is 18.0 Å². The summed E-state index contributed by atoms with van der Waals surface area (Å²) < 4.78 is 35.6. The van der Waals surface area contributed by atoms with Crippen molar-refractivity contribution >= 4 is 32.7 Å². The standard InChI is InChI=1S/C21H26N4O5S/c1-5-25(14-20(26)22-15-7-9-16(10-8-15)30-6-2)31(28,29)17-11-12-18-19(13-17)24(4)21(27)23(18)3/h7-13H,5-6,14H2,1-4H3,(H,22,26). The Morgan fingerprint density at radius 3 is 2.29 bits per heavy atom. The van der Waals surface area contributed by atoms with Crippen LogP contribution in [0.5, 0.6) is 5.75 Å². The lowest BCUT2D eigenvalue weighted by Gasteiger charge is -2.20. The Balaban J connectivity index is 1.80. The van der Waals surface area contributed by atoms with Gasteiger partial charge >= 0.3 is 5.69 Å². The van der Waals surface area contributed by atoms with E-state index in [2.05, 4.69) is 5.32 Å². The summed E-state index contributed by atoms with van der Waals surface area (Å²) in [6.45, 7) is 3.86. The van der Waals surface area contributed by atoms with Gasteiger partial charge < -0.3 is 10.1 Å². The van der Waals surface area contributed by atoms with E-state index in [4.69, 9.17) is 4.74 Å². The topological polar surface area (TPSA) is 103 Å². The van der Waals surface area contributed by atoms with Gasteiger partial charge in [0.15, 0.2) is 0 Å². The van der Waals surface area contributed by atoms with Crippen molar-refractivity contribution in [3.8, 4) is 5.75 Å². The first kappa shape index (κ1) is 22.6. The van der Waals surface area contributed by atoms with Gasteiger partial charge in [0.1, 0.15) is 5.75 Å². The summed E-state index contributed by atoms with van der Waals surface area (Å²) in [4.78, 5) is 24.6. The van der Waals surface area contributed by atoms with Gasteiger partial charge in [-0.25, -0.2) is 13.2 Å². The maximum atomic E-state index is 13.1. The van der Waals surface area contributed by atoms with Gasteiger partial charge in [-0.3, -0.25) is 13.9 Å². The largest absolute Gasteiger partial charge is 0.494 e. The minimum Gasteiger partial charge on any atom is -0.494 e. The molecular formula is C21H26N4O5S. The number of fused-ring (bicyclic) bond motifs is 1. The molecule has 0 spiro atoms. The van der Waals surface area contributed by atoms with Crippen molar-refractivity contribution < 1.29 is 17.9 Å². The molecule has 0 saturated heterocycles. The first-order valence-corrected chi connectivity index (χ1v) is 11.3. The Bertz CT molecular complexity index is 1260. The lowest BCUT2D eigenvalue weighted by atomic mass is 10.3. The van der Waals surface area contributed by atoms with Gasteiger partial charge in [-0.15, -0.1) is 0 Å². The van der Waals surface area contributed by atoms with E-state index in [1.54, 1.807) is 51.4 Å². The van der Waals surface area contributed by atoms with Crippen LogP contribution < -0.4 is 15.7 Å². The van der Waals surface area contributed by atoms with Gasteiger partial charge in [0.2, 0.25) is 15.9 Å². The molecule has 166 valence electrons. The molecule has 0 atom stereocenters. The van der Waals surface area contributed by atoms with Crippen molar-refractivity contribution in [3.63, 3.8) is 0 Å². The fourth-order valence-electron chi connectivity index (χ4n) is 3.32. The molecule has 1 aromatic heterocycles. The van der Waals surface area contributed by atoms with Crippen LogP contribution >= 0.6 is 0 Å². The van der Waals surface area contributed by atoms with Crippen molar-refractivity contribution in [3.05, 3.63) is 52.9 Å². The molecule has 0 aliphatic rings. The quantitative estimate of drug-likeness (QED) is 0.570. The Kier molecular flexibility index (Phi) is 6.51. The fourth-order valence-corrected chi connectivity index (χ4v) is 4.75. The lowest BCUT2D eigenvalue weighted by Crippen LogP contribution is -2.37. The van der Waals surface area contributed by atoms with E-state index in [1.807, 2.05) is 6.92 Å². The van der Waals surface area contributed by atoms with Crippen LogP contribution in [0.3, 0.4) is 0 Å². The highest BCUT2D eigenvalue weighted by atomic mass is 32.2.